The molecule has 0 saturated heterocycles. The van der Waals surface area contributed by atoms with E-state index in [9.17, 15) is 0 Å². The highest BCUT2D eigenvalue weighted by atomic mass is 79.9. The SMILES string of the molecule is CN(C)C/C=C(\C#N)c1ccc(Br)cc1. The third-order valence-electron chi connectivity index (χ3n) is 1.94. The van der Waals surface area contributed by atoms with Crippen LogP contribution in [0.3, 0.4) is 0 Å². The van der Waals surface area contributed by atoms with Gasteiger partial charge in [0.05, 0.1) is 11.6 Å². The molecule has 1 aromatic carbocycles. The van der Waals surface area contributed by atoms with Gasteiger partial charge in [-0.25, -0.2) is 0 Å². The Labute approximate surface area is 99.0 Å². The number of rotatable bonds is 3. The molecule has 0 heterocycles. The molecule has 0 aliphatic rings. The minimum absolute atomic E-state index is 0.719. The molecule has 0 amide bonds. The topological polar surface area (TPSA) is 27.0 Å². The fourth-order valence-corrected chi connectivity index (χ4v) is 1.40. The van der Waals surface area contributed by atoms with E-state index in [0.29, 0.717) is 0 Å². The Morgan fingerprint density at radius 1 is 1.40 bits per heavy atom. The summed E-state index contributed by atoms with van der Waals surface area (Å²) in [4.78, 5) is 2.02. The summed E-state index contributed by atoms with van der Waals surface area (Å²) >= 11 is 3.37. The Kier molecular flexibility index (Phi) is 4.54. The summed E-state index contributed by atoms with van der Waals surface area (Å²) in [6, 6.07) is 9.97. The number of nitrogens with zero attached hydrogens (tertiary/aromatic N) is 2. The maximum atomic E-state index is 9.01. The van der Waals surface area contributed by atoms with Gasteiger partial charge in [-0.15, -0.1) is 0 Å². The smallest absolute Gasteiger partial charge is 0.0995 e. The molecule has 0 aliphatic heterocycles. The normalized spacial score (nSPS) is 11.5. The molecule has 1 aromatic rings. The molecule has 2 nitrogen and oxygen atoms in total. The van der Waals surface area contributed by atoms with Crippen molar-refractivity contribution in [2.24, 2.45) is 0 Å². The predicted octanol–water partition coefficient (Wildman–Crippen LogP) is 2.92. The summed E-state index contributed by atoms with van der Waals surface area (Å²) in [5.74, 6) is 0. The standard InChI is InChI=1S/C12H13BrN2/c1-15(2)8-7-11(9-14)10-3-5-12(13)6-4-10/h3-7H,8H2,1-2H3/b11-7+. The zero-order valence-corrected chi connectivity index (χ0v) is 10.5. The Morgan fingerprint density at radius 3 is 2.47 bits per heavy atom. The molecular weight excluding hydrogens is 252 g/mol. The lowest BCUT2D eigenvalue weighted by atomic mass is 10.1. The van der Waals surface area contributed by atoms with E-state index in [4.69, 9.17) is 5.26 Å². The van der Waals surface area contributed by atoms with Gasteiger partial charge in [0.15, 0.2) is 0 Å². The van der Waals surface area contributed by atoms with Crippen molar-refractivity contribution in [2.45, 2.75) is 0 Å². The van der Waals surface area contributed by atoms with E-state index in [2.05, 4.69) is 22.0 Å². The maximum absolute atomic E-state index is 9.01. The molecule has 0 unspecified atom stereocenters. The van der Waals surface area contributed by atoms with Crippen LogP contribution in [0.2, 0.25) is 0 Å². The lowest BCUT2D eigenvalue weighted by Crippen LogP contribution is -2.10. The second kappa shape index (κ2) is 5.69. The molecule has 0 aromatic heterocycles. The first-order chi connectivity index (χ1) is 7.13. The van der Waals surface area contributed by atoms with Crippen LogP contribution in [0.1, 0.15) is 5.56 Å². The van der Waals surface area contributed by atoms with E-state index in [1.165, 1.54) is 0 Å². The van der Waals surface area contributed by atoms with Crippen molar-refractivity contribution in [1.29, 1.82) is 5.26 Å². The Morgan fingerprint density at radius 2 is 2.00 bits per heavy atom. The van der Waals surface area contributed by atoms with E-state index in [-0.39, 0.29) is 0 Å². The van der Waals surface area contributed by atoms with Gasteiger partial charge in [-0.2, -0.15) is 5.26 Å². The van der Waals surface area contributed by atoms with Crippen LogP contribution in [0.5, 0.6) is 0 Å². The van der Waals surface area contributed by atoms with Crippen molar-refractivity contribution >= 4 is 21.5 Å². The highest BCUT2D eigenvalue weighted by Crippen LogP contribution is 2.17. The van der Waals surface area contributed by atoms with Crippen molar-refractivity contribution in [2.75, 3.05) is 20.6 Å². The molecule has 0 saturated carbocycles. The number of halogens is 1. The molecule has 0 atom stereocenters. The van der Waals surface area contributed by atoms with Gasteiger partial charge < -0.3 is 4.90 Å². The number of hydrogen-bond donors (Lipinski definition) is 0. The van der Waals surface area contributed by atoms with Crippen molar-refractivity contribution in [1.82, 2.24) is 4.90 Å². The van der Waals surface area contributed by atoms with Crippen LogP contribution in [0.15, 0.2) is 34.8 Å². The van der Waals surface area contributed by atoms with Crippen LogP contribution in [0, 0.1) is 11.3 Å². The first-order valence-corrected chi connectivity index (χ1v) is 5.43. The first-order valence-electron chi connectivity index (χ1n) is 4.64. The number of allylic oxidation sites excluding steroid dienone is 1. The average Bonchev–Trinajstić information content (AvgIpc) is 2.21. The van der Waals surface area contributed by atoms with Gasteiger partial charge in [-0.3, -0.25) is 0 Å². The maximum Gasteiger partial charge on any atom is 0.0995 e. The molecule has 1 rings (SSSR count). The molecular formula is C12H13BrN2. The summed E-state index contributed by atoms with van der Waals surface area (Å²) in [7, 11) is 3.96. The number of nitriles is 1. The van der Waals surface area contributed by atoms with Crippen LogP contribution in [0.4, 0.5) is 0 Å². The van der Waals surface area contributed by atoms with Gasteiger partial charge in [0.1, 0.15) is 0 Å². The Balaban J connectivity index is 2.89. The molecule has 3 heteroatoms. The van der Waals surface area contributed by atoms with Crippen molar-refractivity contribution in [3.05, 3.63) is 40.4 Å². The lowest BCUT2D eigenvalue weighted by molar-refractivity contribution is 0.457. The van der Waals surface area contributed by atoms with Crippen molar-refractivity contribution < 1.29 is 0 Å². The summed E-state index contributed by atoms with van der Waals surface area (Å²) in [5, 5.41) is 9.01. The van der Waals surface area contributed by atoms with E-state index in [0.717, 1.165) is 22.2 Å². The van der Waals surface area contributed by atoms with Gasteiger partial charge in [0.2, 0.25) is 0 Å². The minimum atomic E-state index is 0.719. The largest absolute Gasteiger partial charge is 0.306 e. The highest BCUT2D eigenvalue weighted by molar-refractivity contribution is 9.10. The summed E-state index contributed by atoms with van der Waals surface area (Å²) in [5.41, 5.74) is 1.68. The minimum Gasteiger partial charge on any atom is -0.306 e. The molecule has 78 valence electrons. The zero-order chi connectivity index (χ0) is 11.3. The molecule has 0 bridgehead atoms. The van der Waals surface area contributed by atoms with Gasteiger partial charge in [-0.1, -0.05) is 34.1 Å². The Bertz CT molecular complexity index is 385. The third kappa shape index (κ3) is 3.86. The van der Waals surface area contributed by atoms with Crippen LogP contribution in [0.25, 0.3) is 5.57 Å². The number of likely N-dealkylation sites (N-methyl/N-ethyl adjacent to an activating group) is 1. The van der Waals surface area contributed by atoms with E-state index >= 15 is 0 Å². The summed E-state index contributed by atoms with van der Waals surface area (Å²) in [6.07, 6.45) is 1.93. The average molecular weight is 265 g/mol. The molecule has 0 fully saturated rings. The first kappa shape index (κ1) is 12.0. The van der Waals surface area contributed by atoms with E-state index < -0.39 is 0 Å². The molecule has 0 aliphatic carbocycles. The second-order valence-electron chi connectivity index (χ2n) is 3.50. The van der Waals surface area contributed by atoms with Crippen LogP contribution in [-0.2, 0) is 0 Å². The van der Waals surface area contributed by atoms with Crippen LogP contribution in [-0.4, -0.2) is 25.5 Å². The zero-order valence-electron chi connectivity index (χ0n) is 8.87. The van der Waals surface area contributed by atoms with Gasteiger partial charge >= 0.3 is 0 Å². The monoisotopic (exact) mass is 264 g/mol. The van der Waals surface area contributed by atoms with Crippen molar-refractivity contribution in [3.8, 4) is 6.07 Å². The predicted molar refractivity (Wildman–Crippen MR) is 66.3 cm³/mol. The molecule has 15 heavy (non-hydrogen) atoms. The van der Waals surface area contributed by atoms with Crippen LogP contribution >= 0.6 is 15.9 Å². The second-order valence-corrected chi connectivity index (χ2v) is 4.41. The highest BCUT2D eigenvalue weighted by Gasteiger charge is 1.99. The third-order valence-corrected chi connectivity index (χ3v) is 2.46. The van der Waals surface area contributed by atoms with Gasteiger partial charge in [0.25, 0.3) is 0 Å². The van der Waals surface area contributed by atoms with E-state index in [1.54, 1.807) is 0 Å². The fraction of sp³-hybridized carbons (Fsp3) is 0.250. The van der Waals surface area contributed by atoms with Gasteiger partial charge in [0, 0.05) is 11.0 Å². The number of hydrogen-bond acceptors (Lipinski definition) is 2. The summed E-state index contributed by atoms with van der Waals surface area (Å²) < 4.78 is 1.02. The van der Waals surface area contributed by atoms with E-state index in [1.807, 2.05) is 49.3 Å². The molecule has 0 radical (unpaired) electrons. The van der Waals surface area contributed by atoms with Crippen molar-refractivity contribution in [3.63, 3.8) is 0 Å². The van der Waals surface area contributed by atoms with Crippen LogP contribution < -0.4 is 0 Å². The lowest BCUT2D eigenvalue weighted by Gasteiger charge is -2.05. The van der Waals surface area contributed by atoms with Gasteiger partial charge in [-0.05, 0) is 31.8 Å². The quantitative estimate of drug-likeness (QED) is 0.786. The fourth-order valence-electron chi connectivity index (χ4n) is 1.13. The Hall–Kier alpha value is -1.11. The molecule has 0 N–H and O–H groups in total. The summed E-state index contributed by atoms with van der Waals surface area (Å²) in [6.45, 7) is 0.777. The molecule has 0 spiro atoms. The number of benzene rings is 1.